The van der Waals surface area contributed by atoms with Gasteiger partial charge in [0, 0.05) is 32.8 Å². The van der Waals surface area contributed by atoms with Crippen LogP contribution in [0.4, 0.5) is 10.5 Å². The Morgan fingerprint density at radius 3 is 2.21 bits per heavy atom. The lowest BCUT2D eigenvalue weighted by molar-refractivity contribution is -0.384. The highest BCUT2D eigenvalue weighted by atomic mass is 16.6. The molecule has 0 unspecified atom stereocenters. The van der Waals surface area contributed by atoms with Gasteiger partial charge in [0.1, 0.15) is 5.60 Å². The van der Waals surface area contributed by atoms with Crippen molar-refractivity contribution in [3.63, 3.8) is 0 Å². The maximum atomic E-state index is 12.4. The monoisotopic (exact) mass is 337 g/mol. The number of benzene rings is 1. The van der Waals surface area contributed by atoms with Gasteiger partial charge in [-0.2, -0.15) is 0 Å². The molecule has 1 aromatic rings. The van der Waals surface area contributed by atoms with Gasteiger partial charge < -0.3 is 15.0 Å². The van der Waals surface area contributed by atoms with Gasteiger partial charge in [-0.05, 0) is 26.3 Å². The van der Waals surface area contributed by atoms with Crippen molar-refractivity contribution < 1.29 is 19.2 Å². The van der Waals surface area contributed by atoms with Crippen molar-refractivity contribution in [3.8, 4) is 0 Å². The Kier molecular flexibility index (Phi) is 6.27. The van der Waals surface area contributed by atoms with Crippen LogP contribution < -0.4 is 5.32 Å². The summed E-state index contributed by atoms with van der Waals surface area (Å²) in [6, 6.07) is 5.69. The zero-order valence-electron chi connectivity index (χ0n) is 14.5. The smallest absolute Gasteiger partial charge is 0.407 e. The second kappa shape index (κ2) is 7.76. The normalized spacial score (nSPS) is 12.2. The summed E-state index contributed by atoms with van der Waals surface area (Å²) in [6.45, 7) is 5.26. The number of likely N-dealkylation sites (N-methyl/N-ethyl adjacent to an activating group) is 1. The lowest BCUT2D eigenvalue weighted by Crippen LogP contribution is -2.39. The molecule has 8 heteroatoms. The molecule has 132 valence electrons. The van der Waals surface area contributed by atoms with Crippen molar-refractivity contribution in [1.29, 1.82) is 0 Å². The topological polar surface area (TPSA) is 102 Å². The number of non-ortho nitro benzene ring substituents is 1. The zero-order valence-corrected chi connectivity index (χ0v) is 14.5. The highest BCUT2D eigenvalue weighted by molar-refractivity contribution is 5.84. The molecular formula is C16H23N3O5. The lowest BCUT2D eigenvalue weighted by atomic mass is 9.97. The summed E-state index contributed by atoms with van der Waals surface area (Å²) in [7, 11) is 3.21. The number of nitrogens with one attached hydrogen (secondary N) is 1. The van der Waals surface area contributed by atoms with Gasteiger partial charge in [0.2, 0.25) is 5.91 Å². The van der Waals surface area contributed by atoms with Crippen LogP contribution in [0.2, 0.25) is 0 Å². The summed E-state index contributed by atoms with van der Waals surface area (Å²) < 4.78 is 5.15. The quantitative estimate of drug-likeness (QED) is 0.656. The molecule has 0 spiro atoms. The van der Waals surface area contributed by atoms with Crippen molar-refractivity contribution in [2.75, 3.05) is 20.6 Å². The van der Waals surface area contributed by atoms with Gasteiger partial charge in [-0.25, -0.2) is 4.79 Å². The lowest BCUT2D eigenvalue weighted by Gasteiger charge is -2.23. The Morgan fingerprint density at radius 1 is 1.25 bits per heavy atom. The molecule has 1 atom stereocenters. The van der Waals surface area contributed by atoms with E-state index in [1.807, 2.05) is 0 Å². The largest absolute Gasteiger partial charge is 0.444 e. The van der Waals surface area contributed by atoms with Crippen molar-refractivity contribution >= 4 is 17.7 Å². The van der Waals surface area contributed by atoms with Crippen LogP contribution in [0.3, 0.4) is 0 Å². The Balaban J connectivity index is 2.91. The summed E-state index contributed by atoms with van der Waals surface area (Å²) in [5.41, 5.74) is -0.122. The first-order chi connectivity index (χ1) is 11.0. The van der Waals surface area contributed by atoms with Gasteiger partial charge in [0.05, 0.1) is 10.8 Å². The fourth-order valence-electron chi connectivity index (χ4n) is 1.99. The minimum absolute atomic E-state index is 0.0315. The van der Waals surface area contributed by atoms with E-state index in [1.165, 1.54) is 29.2 Å². The summed E-state index contributed by atoms with van der Waals surface area (Å²) in [4.78, 5) is 35.8. The predicted molar refractivity (Wildman–Crippen MR) is 88.8 cm³/mol. The van der Waals surface area contributed by atoms with Crippen LogP contribution >= 0.6 is 0 Å². The number of alkyl carbamates (subject to hydrolysis) is 1. The number of hydrogen-bond donors (Lipinski definition) is 1. The first-order valence-electron chi connectivity index (χ1n) is 7.43. The van der Waals surface area contributed by atoms with Crippen LogP contribution in [0.25, 0.3) is 0 Å². The Morgan fingerprint density at radius 2 is 1.79 bits per heavy atom. The number of hydrogen-bond acceptors (Lipinski definition) is 5. The molecule has 0 heterocycles. The SMILES string of the molecule is CN(C)C(=O)[C@@H](CNC(=O)OC(C)(C)C)c1ccc([N+](=O)[O-])cc1. The third kappa shape index (κ3) is 5.86. The van der Waals surface area contributed by atoms with Crippen LogP contribution in [-0.2, 0) is 9.53 Å². The molecule has 8 nitrogen and oxygen atoms in total. The molecule has 0 saturated heterocycles. The van der Waals surface area contributed by atoms with Crippen LogP contribution in [0.1, 0.15) is 32.3 Å². The molecule has 0 aliphatic rings. The van der Waals surface area contributed by atoms with Gasteiger partial charge in [0.25, 0.3) is 5.69 Å². The van der Waals surface area contributed by atoms with E-state index in [9.17, 15) is 19.7 Å². The predicted octanol–water partition coefficient (Wildman–Crippen LogP) is 2.29. The molecule has 0 radical (unpaired) electrons. The average Bonchev–Trinajstić information content (AvgIpc) is 2.45. The fourth-order valence-corrected chi connectivity index (χ4v) is 1.99. The zero-order chi connectivity index (χ0) is 18.5. The number of rotatable bonds is 5. The number of amides is 2. The van der Waals surface area contributed by atoms with Gasteiger partial charge in [-0.15, -0.1) is 0 Å². The molecule has 0 fully saturated rings. The molecular weight excluding hydrogens is 314 g/mol. The molecule has 0 aliphatic heterocycles. The maximum Gasteiger partial charge on any atom is 0.407 e. The fraction of sp³-hybridized carbons (Fsp3) is 0.500. The summed E-state index contributed by atoms with van der Waals surface area (Å²) in [5.74, 6) is -0.881. The van der Waals surface area contributed by atoms with E-state index in [-0.39, 0.29) is 18.1 Å². The van der Waals surface area contributed by atoms with E-state index in [1.54, 1.807) is 34.9 Å². The molecule has 0 bridgehead atoms. The van der Waals surface area contributed by atoms with Crippen LogP contribution in [0.15, 0.2) is 24.3 Å². The summed E-state index contributed by atoms with van der Waals surface area (Å²) in [5, 5.41) is 13.3. The maximum absolute atomic E-state index is 12.4. The van der Waals surface area contributed by atoms with E-state index in [0.29, 0.717) is 5.56 Å². The number of nitrogens with zero attached hydrogens (tertiary/aromatic N) is 2. The minimum atomic E-state index is -0.659. The molecule has 1 aromatic carbocycles. The number of ether oxygens (including phenoxy) is 1. The van der Waals surface area contributed by atoms with E-state index >= 15 is 0 Å². The summed E-state index contributed by atoms with van der Waals surface area (Å²) >= 11 is 0. The Bertz CT molecular complexity index is 605. The van der Waals surface area contributed by atoms with Crippen LogP contribution in [0, 0.1) is 10.1 Å². The first-order valence-corrected chi connectivity index (χ1v) is 7.43. The average molecular weight is 337 g/mol. The van der Waals surface area contributed by atoms with Crippen LogP contribution in [-0.4, -0.2) is 48.1 Å². The van der Waals surface area contributed by atoms with Gasteiger partial charge in [0.15, 0.2) is 0 Å². The van der Waals surface area contributed by atoms with Crippen molar-refractivity contribution in [3.05, 3.63) is 39.9 Å². The van der Waals surface area contributed by atoms with Gasteiger partial charge in [-0.1, -0.05) is 12.1 Å². The molecule has 0 saturated carbocycles. The molecule has 1 N–H and O–H groups in total. The number of nitro benzene ring substituents is 1. The molecule has 24 heavy (non-hydrogen) atoms. The van der Waals surface area contributed by atoms with E-state index in [4.69, 9.17) is 4.74 Å². The first kappa shape index (κ1) is 19.4. The highest BCUT2D eigenvalue weighted by Crippen LogP contribution is 2.21. The second-order valence-electron chi connectivity index (χ2n) is 6.52. The van der Waals surface area contributed by atoms with Crippen molar-refractivity contribution in [1.82, 2.24) is 10.2 Å². The van der Waals surface area contributed by atoms with E-state index < -0.39 is 22.5 Å². The number of nitro groups is 1. The standard InChI is InChI=1S/C16H23N3O5/c1-16(2,3)24-15(21)17-10-13(14(20)18(4)5)11-6-8-12(9-7-11)19(22)23/h6-9,13H,10H2,1-5H3,(H,17,21)/t13-/m0/s1. The molecule has 0 aliphatic carbocycles. The highest BCUT2D eigenvalue weighted by Gasteiger charge is 2.25. The van der Waals surface area contributed by atoms with Crippen molar-refractivity contribution in [2.45, 2.75) is 32.3 Å². The molecule has 1 rings (SSSR count). The Hall–Kier alpha value is -2.64. The van der Waals surface area contributed by atoms with Crippen molar-refractivity contribution in [2.24, 2.45) is 0 Å². The minimum Gasteiger partial charge on any atom is -0.444 e. The van der Waals surface area contributed by atoms with Gasteiger partial charge in [-0.3, -0.25) is 14.9 Å². The third-order valence-electron chi connectivity index (χ3n) is 3.09. The van der Waals surface area contributed by atoms with Gasteiger partial charge >= 0.3 is 6.09 Å². The second-order valence-corrected chi connectivity index (χ2v) is 6.52. The van der Waals surface area contributed by atoms with E-state index in [0.717, 1.165) is 0 Å². The van der Waals surface area contributed by atoms with Crippen LogP contribution in [0.5, 0.6) is 0 Å². The Labute approximate surface area is 140 Å². The molecule has 2 amide bonds. The molecule has 0 aromatic heterocycles. The van der Waals surface area contributed by atoms with E-state index in [2.05, 4.69) is 5.32 Å². The summed E-state index contributed by atoms with van der Waals surface area (Å²) in [6.07, 6.45) is -0.624. The number of carbonyl (C=O) groups excluding carboxylic acids is 2. The third-order valence-corrected chi connectivity index (χ3v) is 3.09. The number of carbonyl (C=O) groups is 2.